The van der Waals surface area contributed by atoms with E-state index in [1.54, 1.807) is 11.4 Å². The molecule has 7 nitrogen and oxygen atoms in total. The zero-order valence-electron chi connectivity index (χ0n) is 15.2. The number of ketones is 1. The fourth-order valence-electron chi connectivity index (χ4n) is 3.02. The fourth-order valence-corrected chi connectivity index (χ4v) is 5.09. The normalized spacial score (nSPS) is 14.3. The van der Waals surface area contributed by atoms with Crippen molar-refractivity contribution in [1.29, 1.82) is 0 Å². The van der Waals surface area contributed by atoms with Crippen molar-refractivity contribution >= 4 is 33.1 Å². The van der Waals surface area contributed by atoms with Gasteiger partial charge >= 0.3 is 5.97 Å². The summed E-state index contributed by atoms with van der Waals surface area (Å²) in [7, 11) is -3.61. The average molecular weight is 411 g/mol. The van der Waals surface area contributed by atoms with Gasteiger partial charge in [0.2, 0.25) is 15.8 Å². The number of thiophene rings is 1. The smallest absolute Gasteiger partial charge is 0.307 e. The molecule has 0 atom stereocenters. The summed E-state index contributed by atoms with van der Waals surface area (Å²) in [6, 6.07) is 5.44. The van der Waals surface area contributed by atoms with Crippen molar-refractivity contribution in [3.63, 3.8) is 0 Å². The van der Waals surface area contributed by atoms with Crippen LogP contribution in [0.1, 0.15) is 47.1 Å². The first-order valence-corrected chi connectivity index (χ1v) is 11.1. The van der Waals surface area contributed by atoms with E-state index < -0.39 is 16.0 Å². The summed E-state index contributed by atoms with van der Waals surface area (Å²) in [5, 5.41) is 1.66. The number of carbonyl (C=O) groups excluding carboxylic acids is 2. The third-order valence-corrected chi connectivity index (χ3v) is 7.30. The number of nitrogens with zero attached hydrogens (tertiary/aromatic N) is 1. The lowest BCUT2D eigenvalue weighted by Crippen LogP contribution is -2.26. The summed E-state index contributed by atoms with van der Waals surface area (Å²) in [6.07, 6.45) is 2.11. The molecule has 0 spiro atoms. The first kappa shape index (κ1) is 19.8. The van der Waals surface area contributed by atoms with Crippen molar-refractivity contribution in [2.45, 2.75) is 43.4 Å². The van der Waals surface area contributed by atoms with Crippen LogP contribution >= 0.6 is 11.3 Å². The van der Waals surface area contributed by atoms with Crippen molar-refractivity contribution < 1.29 is 22.7 Å². The molecule has 0 saturated heterocycles. The Morgan fingerprint density at radius 3 is 2.70 bits per heavy atom. The summed E-state index contributed by atoms with van der Waals surface area (Å²) in [5.41, 5.74) is 2.51. The number of hydrogen-bond donors (Lipinski definition) is 1. The first-order valence-electron chi connectivity index (χ1n) is 8.70. The minimum absolute atomic E-state index is 0.0799. The molecule has 2 aromatic heterocycles. The van der Waals surface area contributed by atoms with Gasteiger partial charge < -0.3 is 9.30 Å². The monoisotopic (exact) mass is 410 g/mol. The van der Waals surface area contributed by atoms with Crippen LogP contribution in [0.3, 0.4) is 0 Å². The van der Waals surface area contributed by atoms with Gasteiger partial charge in [0.1, 0.15) is 4.21 Å². The van der Waals surface area contributed by atoms with E-state index in [2.05, 4.69) is 9.29 Å². The Bertz CT molecular complexity index is 941. The summed E-state index contributed by atoms with van der Waals surface area (Å²) >= 11 is 1.10. The lowest BCUT2D eigenvalue weighted by Gasteiger charge is -2.08. The fraction of sp³-hybridized carbons (Fsp3) is 0.444. The molecule has 0 aliphatic heterocycles. The minimum atomic E-state index is -3.61. The van der Waals surface area contributed by atoms with Gasteiger partial charge in [0.25, 0.3) is 0 Å². The minimum Gasteiger partial charge on any atom is -0.457 e. The molecular formula is C18H22N2O5S2. The van der Waals surface area contributed by atoms with Gasteiger partial charge in [0.05, 0.1) is 6.42 Å². The average Bonchev–Trinajstić information content (AvgIpc) is 3.17. The molecule has 1 N–H and O–H groups in total. The molecule has 9 heteroatoms. The van der Waals surface area contributed by atoms with Crippen LogP contribution in [0.15, 0.2) is 27.8 Å². The Labute approximate surface area is 162 Å². The highest BCUT2D eigenvalue weighted by atomic mass is 32.2. The largest absolute Gasteiger partial charge is 0.457 e. The number of carbonyl (C=O) groups is 2. The van der Waals surface area contributed by atoms with E-state index in [9.17, 15) is 18.0 Å². The number of nitrogens with one attached hydrogen (secondary N) is 1. The van der Waals surface area contributed by atoms with Gasteiger partial charge in [0.15, 0.2) is 6.61 Å². The van der Waals surface area contributed by atoms with Crippen LogP contribution < -0.4 is 4.72 Å². The molecule has 2 heterocycles. The van der Waals surface area contributed by atoms with Gasteiger partial charge in [-0.1, -0.05) is 6.07 Å². The Morgan fingerprint density at radius 2 is 2.07 bits per heavy atom. The maximum Gasteiger partial charge on any atom is 0.307 e. The van der Waals surface area contributed by atoms with E-state index in [1.165, 1.54) is 6.07 Å². The van der Waals surface area contributed by atoms with Crippen LogP contribution in [-0.2, 0) is 19.6 Å². The van der Waals surface area contributed by atoms with Gasteiger partial charge in [-0.25, -0.2) is 13.1 Å². The lowest BCUT2D eigenvalue weighted by atomic mass is 10.1. The molecule has 0 aromatic carbocycles. The summed E-state index contributed by atoms with van der Waals surface area (Å²) in [5.74, 6) is -0.865. The number of hydrogen-bond acceptors (Lipinski definition) is 6. The molecule has 1 aliphatic carbocycles. The van der Waals surface area contributed by atoms with Crippen molar-refractivity contribution in [2.75, 3.05) is 13.2 Å². The molecule has 2 aromatic rings. The number of rotatable bonds is 9. The van der Waals surface area contributed by atoms with Crippen LogP contribution in [0.4, 0.5) is 0 Å². The van der Waals surface area contributed by atoms with Crippen LogP contribution in [0.25, 0.3) is 0 Å². The maximum atomic E-state index is 12.4. The maximum absolute atomic E-state index is 12.4. The third-order valence-electron chi connectivity index (χ3n) is 4.44. The van der Waals surface area contributed by atoms with Crippen molar-refractivity contribution in [3.8, 4) is 0 Å². The van der Waals surface area contributed by atoms with Gasteiger partial charge in [0, 0.05) is 29.5 Å². The summed E-state index contributed by atoms with van der Waals surface area (Å²) < 4.78 is 33.6. The standard InChI is InChI=1S/C18H22N2O5S2/c1-12-10-15(13(2)20(12)14-5-6-14)16(21)11-25-17(22)7-8-19-27(23,24)18-4-3-9-26-18/h3-4,9-10,14,19H,5-8,11H2,1-2H3. The summed E-state index contributed by atoms with van der Waals surface area (Å²) in [4.78, 5) is 24.2. The molecule has 0 amide bonds. The van der Waals surface area contributed by atoms with Gasteiger partial charge in [-0.3, -0.25) is 9.59 Å². The molecule has 0 radical (unpaired) electrons. The highest BCUT2D eigenvalue weighted by Crippen LogP contribution is 2.38. The van der Waals surface area contributed by atoms with E-state index in [4.69, 9.17) is 4.74 Å². The van der Waals surface area contributed by atoms with E-state index in [0.29, 0.717) is 11.6 Å². The third kappa shape index (κ3) is 4.66. The number of Topliss-reactive ketones (excluding diaryl/α,β-unsaturated/α-hetero) is 1. The Kier molecular flexibility index (Phi) is 5.83. The number of ether oxygens (including phenoxy) is 1. The van der Waals surface area contributed by atoms with Gasteiger partial charge in [-0.2, -0.15) is 0 Å². The number of aryl methyl sites for hydroxylation is 1. The van der Waals surface area contributed by atoms with E-state index in [0.717, 1.165) is 35.6 Å². The highest BCUT2D eigenvalue weighted by Gasteiger charge is 2.28. The Balaban J connectivity index is 1.47. The Morgan fingerprint density at radius 1 is 1.33 bits per heavy atom. The quantitative estimate of drug-likeness (QED) is 0.506. The van der Waals surface area contributed by atoms with Crippen molar-refractivity contribution in [2.24, 2.45) is 0 Å². The molecule has 27 heavy (non-hydrogen) atoms. The molecule has 3 rings (SSSR count). The number of aromatic nitrogens is 1. The summed E-state index contributed by atoms with van der Waals surface area (Å²) in [6.45, 7) is 3.45. The molecule has 146 valence electrons. The van der Waals surface area contributed by atoms with Crippen molar-refractivity contribution in [1.82, 2.24) is 9.29 Å². The van der Waals surface area contributed by atoms with Gasteiger partial charge in [-0.15, -0.1) is 11.3 Å². The SMILES string of the molecule is Cc1cc(C(=O)COC(=O)CCNS(=O)(=O)c2cccs2)c(C)n1C1CC1. The predicted molar refractivity (Wildman–Crippen MR) is 102 cm³/mol. The van der Waals surface area contributed by atoms with Crippen molar-refractivity contribution in [3.05, 3.63) is 40.5 Å². The highest BCUT2D eigenvalue weighted by molar-refractivity contribution is 7.91. The molecule has 0 bridgehead atoms. The van der Waals surface area contributed by atoms with E-state index in [1.807, 2.05) is 19.9 Å². The molecular weight excluding hydrogens is 388 g/mol. The molecule has 0 unspecified atom stereocenters. The lowest BCUT2D eigenvalue weighted by molar-refractivity contribution is -0.142. The molecule has 1 saturated carbocycles. The van der Waals surface area contributed by atoms with Crippen LogP contribution in [0, 0.1) is 13.8 Å². The molecule has 1 aliphatic rings. The zero-order chi connectivity index (χ0) is 19.6. The second kappa shape index (κ2) is 7.95. The number of esters is 1. The van der Waals surface area contributed by atoms with E-state index >= 15 is 0 Å². The molecule has 1 fully saturated rings. The topological polar surface area (TPSA) is 94.5 Å². The van der Waals surface area contributed by atoms with Crippen LogP contribution in [0.5, 0.6) is 0 Å². The van der Waals surface area contributed by atoms with Crippen LogP contribution in [-0.4, -0.2) is 37.9 Å². The van der Waals surface area contributed by atoms with E-state index in [-0.39, 0.29) is 29.6 Å². The zero-order valence-corrected chi connectivity index (χ0v) is 16.9. The first-order chi connectivity index (χ1) is 12.8. The predicted octanol–water partition coefficient (Wildman–Crippen LogP) is 2.60. The second-order valence-corrected chi connectivity index (χ2v) is 9.49. The van der Waals surface area contributed by atoms with Crippen LogP contribution in [0.2, 0.25) is 0 Å². The van der Waals surface area contributed by atoms with Gasteiger partial charge in [-0.05, 0) is 44.2 Å². The Hall–Kier alpha value is -1.97. The second-order valence-electron chi connectivity index (χ2n) is 6.55. The number of sulfonamides is 1.